The van der Waals surface area contributed by atoms with E-state index in [0.29, 0.717) is 19.0 Å². The number of amides is 1. The van der Waals surface area contributed by atoms with E-state index in [1.807, 2.05) is 77.7 Å². The highest BCUT2D eigenvalue weighted by Crippen LogP contribution is 2.55. The minimum atomic E-state index is -0.936. The summed E-state index contributed by atoms with van der Waals surface area (Å²) in [5, 5.41) is 0. The number of carbonyl (C=O) groups is 1. The van der Waals surface area contributed by atoms with Crippen molar-refractivity contribution >= 4 is 11.6 Å². The predicted octanol–water partition coefficient (Wildman–Crippen LogP) is 5.53. The summed E-state index contributed by atoms with van der Waals surface area (Å²) >= 11 is 0. The van der Waals surface area contributed by atoms with Crippen LogP contribution >= 0.6 is 0 Å². The monoisotopic (exact) mass is 477 g/mol. The zero-order valence-electron chi connectivity index (χ0n) is 20.1. The van der Waals surface area contributed by atoms with Crippen LogP contribution in [-0.4, -0.2) is 32.8 Å². The molecule has 2 aliphatic rings. The lowest BCUT2D eigenvalue weighted by Gasteiger charge is -2.31. The van der Waals surface area contributed by atoms with Gasteiger partial charge in [0.15, 0.2) is 0 Å². The molecule has 0 aliphatic carbocycles. The van der Waals surface area contributed by atoms with Crippen LogP contribution in [0.1, 0.15) is 28.3 Å². The molecule has 0 aromatic heterocycles. The first kappa shape index (κ1) is 22.4. The van der Waals surface area contributed by atoms with Gasteiger partial charge in [-0.2, -0.15) is 0 Å². The highest BCUT2D eigenvalue weighted by atomic mass is 16.5. The van der Waals surface area contributed by atoms with Gasteiger partial charge in [-0.3, -0.25) is 9.69 Å². The van der Waals surface area contributed by atoms with E-state index in [4.69, 9.17) is 14.2 Å². The van der Waals surface area contributed by atoms with Crippen molar-refractivity contribution in [2.45, 2.75) is 11.5 Å². The molecule has 6 rings (SSSR count). The van der Waals surface area contributed by atoms with Crippen LogP contribution in [-0.2, 0) is 14.9 Å². The van der Waals surface area contributed by atoms with E-state index in [1.165, 1.54) is 0 Å². The second kappa shape index (κ2) is 9.17. The van der Waals surface area contributed by atoms with Crippen LogP contribution in [0.4, 0.5) is 5.69 Å². The zero-order chi connectivity index (χ0) is 24.5. The quantitative estimate of drug-likeness (QED) is 0.329. The molecular formula is C31H27NO4. The molecule has 1 amide bonds. The maximum Gasteiger partial charge on any atom is 0.246 e. The SMILES string of the molecule is COCCOc1ccc2c(c1)C1(CO2)C(=O)N(C(c2ccccc2)c2ccccc2)c2ccccc21. The number of carbonyl (C=O) groups excluding carboxylic acids is 1. The number of anilines is 1. The van der Waals surface area contributed by atoms with Crippen LogP contribution in [0.25, 0.3) is 0 Å². The highest BCUT2D eigenvalue weighted by Gasteiger charge is 2.58. The fourth-order valence-corrected chi connectivity index (χ4v) is 5.46. The molecule has 4 aromatic carbocycles. The lowest BCUT2D eigenvalue weighted by atomic mass is 9.77. The molecule has 180 valence electrons. The fraction of sp³-hybridized carbons (Fsp3) is 0.194. The summed E-state index contributed by atoms with van der Waals surface area (Å²) in [6.45, 7) is 1.18. The maximum absolute atomic E-state index is 14.7. The molecule has 1 unspecified atom stereocenters. The molecule has 0 N–H and O–H groups in total. The minimum Gasteiger partial charge on any atom is -0.491 e. The molecule has 0 bridgehead atoms. The Morgan fingerprint density at radius 3 is 2.19 bits per heavy atom. The molecule has 2 aliphatic heterocycles. The van der Waals surface area contributed by atoms with Crippen LogP contribution in [0.3, 0.4) is 0 Å². The molecule has 5 heteroatoms. The lowest BCUT2D eigenvalue weighted by Crippen LogP contribution is -2.44. The second-order valence-corrected chi connectivity index (χ2v) is 9.11. The number of para-hydroxylation sites is 1. The number of methoxy groups -OCH3 is 1. The normalized spacial score (nSPS) is 17.8. The molecule has 5 nitrogen and oxygen atoms in total. The summed E-state index contributed by atoms with van der Waals surface area (Å²) in [4.78, 5) is 16.6. The molecule has 2 heterocycles. The van der Waals surface area contributed by atoms with E-state index in [2.05, 4.69) is 30.3 Å². The van der Waals surface area contributed by atoms with Gasteiger partial charge in [-0.05, 0) is 41.0 Å². The van der Waals surface area contributed by atoms with Gasteiger partial charge in [0, 0.05) is 18.4 Å². The molecule has 36 heavy (non-hydrogen) atoms. The number of benzene rings is 4. The van der Waals surface area contributed by atoms with Crippen LogP contribution in [0.15, 0.2) is 103 Å². The Bertz CT molecular complexity index is 1350. The molecule has 4 aromatic rings. The van der Waals surface area contributed by atoms with Gasteiger partial charge >= 0.3 is 0 Å². The Hall–Kier alpha value is -4.09. The topological polar surface area (TPSA) is 48.0 Å². The number of nitrogens with zero attached hydrogens (tertiary/aromatic N) is 1. The number of hydrogen-bond acceptors (Lipinski definition) is 4. The van der Waals surface area contributed by atoms with Gasteiger partial charge in [-0.15, -0.1) is 0 Å². The first-order valence-corrected chi connectivity index (χ1v) is 12.2. The van der Waals surface area contributed by atoms with E-state index < -0.39 is 5.41 Å². The van der Waals surface area contributed by atoms with E-state index >= 15 is 0 Å². The minimum absolute atomic E-state index is 0.00852. The smallest absolute Gasteiger partial charge is 0.246 e. The Kier molecular flexibility index (Phi) is 5.70. The Labute approximate surface area is 210 Å². The van der Waals surface area contributed by atoms with Crippen molar-refractivity contribution in [3.8, 4) is 11.5 Å². The number of ether oxygens (including phenoxy) is 3. The van der Waals surface area contributed by atoms with E-state index in [0.717, 1.165) is 33.7 Å². The second-order valence-electron chi connectivity index (χ2n) is 9.11. The van der Waals surface area contributed by atoms with E-state index in [-0.39, 0.29) is 18.6 Å². The predicted molar refractivity (Wildman–Crippen MR) is 139 cm³/mol. The standard InChI is InChI=1S/C31H27NO4/c1-34-18-19-35-24-16-17-28-26(20-24)31(21-36-28)25-14-8-9-15-27(25)32(30(31)33)29(22-10-4-2-5-11-22)23-12-6-3-7-13-23/h2-17,20,29H,18-19,21H2,1H3. The van der Waals surface area contributed by atoms with Crippen LogP contribution in [0.2, 0.25) is 0 Å². The van der Waals surface area contributed by atoms with E-state index in [9.17, 15) is 4.79 Å². The van der Waals surface area contributed by atoms with Crippen LogP contribution in [0, 0.1) is 0 Å². The number of hydrogen-bond donors (Lipinski definition) is 0. The van der Waals surface area contributed by atoms with Crippen molar-refractivity contribution < 1.29 is 19.0 Å². The molecule has 1 spiro atoms. The largest absolute Gasteiger partial charge is 0.491 e. The molecule has 1 atom stereocenters. The average Bonchev–Trinajstić information content (AvgIpc) is 3.43. The zero-order valence-corrected chi connectivity index (χ0v) is 20.1. The fourth-order valence-electron chi connectivity index (χ4n) is 5.46. The van der Waals surface area contributed by atoms with Gasteiger partial charge in [0.2, 0.25) is 5.91 Å². The van der Waals surface area contributed by atoms with Gasteiger partial charge < -0.3 is 14.2 Å². The Balaban J connectivity index is 1.51. The van der Waals surface area contributed by atoms with E-state index in [1.54, 1.807) is 7.11 Å². The van der Waals surface area contributed by atoms with Crippen molar-refractivity contribution in [3.63, 3.8) is 0 Å². The molecule has 0 fully saturated rings. The summed E-state index contributed by atoms with van der Waals surface area (Å²) in [6, 6.07) is 33.9. The third-order valence-electron chi connectivity index (χ3n) is 7.11. The summed E-state index contributed by atoms with van der Waals surface area (Å²) in [5.41, 5.74) is 3.88. The maximum atomic E-state index is 14.7. The summed E-state index contributed by atoms with van der Waals surface area (Å²) in [6.07, 6.45) is 0. The first-order valence-electron chi connectivity index (χ1n) is 12.2. The van der Waals surface area contributed by atoms with Crippen LogP contribution < -0.4 is 14.4 Å². The molecule has 0 saturated carbocycles. The van der Waals surface area contributed by atoms with Gasteiger partial charge in [0.05, 0.1) is 12.6 Å². The van der Waals surface area contributed by atoms with Gasteiger partial charge in [-0.1, -0.05) is 78.9 Å². The van der Waals surface area contributed by atoms with Crippen molar-refractivity contribution in [2.75, 3.05) is 31.8 Å². The van der Waals surface area contributed by atoms with Crippen molar-refractivity contribution in [2.24, 2.45) is 0 Å². The van der Waals surface area contributed by atoms with Crippen molar-refractivity contribution in [1.82, 2.24) is 0 Å². The summed E-state index contributed by atoms with van der Waals surface area (Å²) < 4.78 is 17.2. The van der Waals surface area contributed by atoms with Gasteiger partial charge in [0.1, 0.15) is 30.1 Å². The van der Waals surface area contributed by atoms with Crippen LogP contribution in [0.5, 0.6) is 11.5 Å². The Morgan fingerprint density at radius 1 is 0.833 bits per heavy atom. The molecular weight excluding hydrogens is 450 g/mol. The van der Waals surface area contributed by atoms with Crippen molar-refractivity contribution in [1.29, 1.82) is 0 Å². The van der Waals surface area contributed by atoms with Gasteiger partial charge in [-0.25, -0.2) is 0 Å². The first-order chi connectivity index (χ1) is 17.7. The van der Waals surface area contributed by atoms with Gasteiger partial charge in [0.25, 0.3) is 0 Å². The third-order valence-corrected chi connectivity index (χ3v) is 7.11. The Morgan fingerprint density at radius 2 is 1.50 bits per heavy atom. The van der Waals surface area contributed by atoms with Crippen molar-refractivity contribution in [3.05, 3.63) is 125 Å². The lowest BCUT2D eigenvalue weighted by molar-refractivity contribution is -0.122. The third kappa shape index (κ3) is 3.47. The molecule has 0 radical (unpaired) electrons. The molecule has 0 saturated heterocycles. The summed E-state index contributed by atoms with van der Waals surface area (Å²) in [7, 11) is 1.65. The number of rotatable bonds is 7. The highest BCUT2D eigenvalue weighted by molar-refractivity contribution is 6.12. The average molecular weight is 478 g/mol. The summed E-state index contributed by atoms with van der Waals surface area (Å²) in [5.74, 6) is 1.42. The number of fused-ring (bicyclic) bond motifs is 4.